The number of halogens is 1. The van der Waals surface area contributed by atoms with Gasteiger partial charge in [0.1, 0.15) is 5.82 Å². The molecule has 0 N–H and O–H groups in total. The Morgan fingerprint density at radius 2 is 1.29 bits per heavy atom. The molecule has 0 aliphatic heterocycles. The number of aryl methyl sites for hydroxylation is 1. The van der Waals surface area contributed by atoms with Crippen LogP contribution in [0, 0.1) is 37.4 Å². The van der Waals surface area contributed by atoms with Crippen LogP contribution in [-0.2, 0) is 0 Å². The van der Waals surface area contributed by atoms with Crippen LogP contribution in [0.4, 0.5) is 4.39 Å². The fourth-order valence-electron chi connectivity index (χ4n) is 5.61. The molecule has 0 bridgehead atoms. The van der Waals surface area contributed by atoms with Crippen LogP contribution in [0.5, 0.6) is 0 Å². The van der Waals surface area contributed by atoms with Crippen molar-refractivity contribution in [1.82, 2.24) is 0 Å². The van der Waals surface area contributed by atoms with E-state index in [4.69, 9.17) is 0 Å². The van der Waals surface area contributed by atoms with E-state index in [-0.39, 0.29) is 5.82 Å². The summed E-state index contributed by atoms with van der Waals surface area (Å²) < 4.78 is 14.1. The van der Waals surface area contributed by atoms with Gasteiger partial charge < -0.3 is 0 Å². The smallest absolute Gasteiger partial charge is 0.126 e. The topological polar surface area (TPSA) is 0 Å². The van der Waals surface area contributed by atoms with Crippen molar-refractivity contribution >= 4 is 0 Å². The molecule has 2 aromatic carbocycles. The molecule has 0 radical (unpaired) electrons. The molecule has 2 fully saturated rings. The maximum atomic E-state index is 14.1. The van der Waals surface area contributed by atoms with E-state index in [1.807, 2.05) is 13.8 Å². The number of rotatable bonds is 3. The van der Waals surface area contributed by atoms with Gasteiger partial charge in [0.25, 0.3) is 0 Å². The second kappa shape index (κ2) is 8.39. The van der Waals surface area contributed by atoms with Gasteiger partial charge in [0, 0.05) is 0 Å². The van der Waals surface area contributed by atoms with E-state index in [0.29, 0.717) is 5.92 Å². The molecule has 0 spiro atoms. The first-order chi connectivity index (χ1) is 13.5. The largest absolute Gasteiger partial charge is 0.207 e. The third kappa shape index (κ3) is 4.19. The minimum absolute atomic E-state index is 0.102. The number of hydrogen-bond acceptors (Lipinski definition) is 0. The normalized spacial score (nSPS) is 28.3. The van der Waals surface area contributed by atoms with E-state index < -0.39 is 0 Å². The van der Waals surface area contributed by atoms with Crippen LogP contribution in [-0.4, -0.2) is 0 Å². The lowest BCUT2D eigenvalue weighted by molar-refractivity contribution is 0.165. The van der Waals surface area contributed by atoms with Crippen LogP contribution < -0.4 is 0 Å². The molecule has 0 saturated heterocycles. The summed E-state index contributed by atoms with van der Waals surface area (Å²) in [5.41, 5.74) is 5.36. The molecule has 28 heavy (non-hydrogen) atoms. The van der Waals surface area contributed by atoms with E-state index in [1.54, 1.807) is 6.07 Å². The van der Waals surface area contributed by atoms with Gasteiger partial charge in [-0.3, -0.25) is 0 Å². The predicted octanol–water partition coefficient (Wildman–Crippen LogP) is 8.21. The molecule has 2 aliphatic carbocycles. The van der Waals surface area contributed by atoms with Gasteiger partial charge in [-0.25, -0.2) is 4.39 Å². The standard InChI is InChI=1S/C27H35F/c1-18-4-6-21(7-5-18)22-8-10-23(11-9-22)24-12-14-25(15-13-24)26-16-19(2)20(3)27(28)17-26/h12-18,21-23H,4-11H2,1-3H3. The average Bonchev–Trinajstić information content (AvgIpc) is 2.72. The maximum Gasteiger partial charge on any atom is 0.126 e. The van der Waals surface area contributed by atoms with Crippen LogP contribution in [0.1, 0.15) is 80.9 Å². The Balaban J connectivity index is 1.39. The van der Waals surface area contributed by atoms with Crippen molar-refractivity contribution in [2.45, 2.75) is 78.1 Å². The Bertz CT molecular complexity index is 765. The van der Waals surface area contributed by atoms with Gasteiger partial charge in [-0.2, -0.15) is 0 Å². The van der Waals surface area contributed by atoms with Gasteiger partial charge >= 0.3 is 0 Å². The first-order valence-electron chi connectivity index (χ1n) is 11.4. The fourth-order valence-corrected chi connectivity index (χ4v) is 5.61. The summed E-state index contributed by atoms with van der Waals surface area (Å²) in [6.45, 7) is 6.26. The molecule has 0 atom stereocenters. The van der Waals surface area contributed by atoms with Crippen LogP contribution in [0.25, 0.3) is 11.1 Å². The third-order valence-electron chi connectivity index (χ3n) is 7.82. The molecule has 1 heteroatoms. The molecule has 0 amide bonds. The quantitative estimate of drug-likeness (QED) is 0.505. The van der Waals surface area contributed by atoms with Crippen LogP contribution >= 0.6 is 0 Å². The van der Waals surface area contributed by atoms with E-state index >= 15 is 0 Å². The lowest BCUT2D eigenvalue weighted by atomic mass is 9.68. The highest BCUT2D eigenvalue weighted by atomic mass is 19.1. The highest BCUT2D eigenvalue weighted by molar-refractivity contribution is 5.65. The van der Waals surface area contributed by atoms with Gasteiger partial charge in [-0.1, -0.05) is 50.1 Å². The summed E-state index contributed by atoms with van der Waals surface area (Å²) in [7, 11) is 0. The predicted molar refractivity (Wildman–Crippen MR) is 117 cm³/mol. The molecular formula is C27H35F. The van der Waals surface area contributed by atoms with Crippen molar-refractivity contribution in [3.63, 3.8) is 0 Å². The summed E-state index contributed by atoms with van der Waals surface area (Å²) in [5, 5.41) is 0. The van der Waals surface area contributed by atoms with Crippen molar-refractivity contribution in [1.29, 1.82) is 0 Å². The molecule has 2 aromatic rings. The molecule has 2 saturated carbocycles. The Morgan fingerprint density at radius 1 is 0.714 bits per heavy atom. The third-order valence-corrected chi connectivity index (χ3v) is 7.82. The maximum absolute atomic E-state index is 14.1. The summed E-state index contributed by atoms with van der Waals surface area (Å²) in [6, 6.07) is 12.7. The minimum Gasteiger partial charge on any atom is -0.207 e. The second-order valence-electron chi connectivity index (χ2n) is 9.65. The summed E-state index contributed by atoms with van der Waals surface area (Å²) >= 11 is 0. The van der Waals surface area contributed by atoms with E-state index in [1.165, 1.54) is 56.9 Å². The summed E-state index contributed by atoms with van der Waals surface area (Å²) in [4.78, 5) is 0. The van der Waals surface area contributed by atoms with E-state index in [2.05, 4.69) is 37.3 Å². The Labute approximate surface area is 170 Å². The zero-order valence-corrected chi connectivity index (χ0v) is 17.8. The lowest BCUT2D eigenvalue weighted by Crippen LogP contribution is -2.24. The van der Waals surface area contributed by atoms with Crippen LogP contribution in [0.2, 0.25) is 0 Å². The van der Waals surface area contributed by atoms with Gasteiger partial charge in [0.2, 0.25) is 0 Å². The SMILES string of the molecule is Cc1cc(-c2ccc(C3CCC(C4CCC(C)CC4)CC3)cc2)cc(F)c1C. The lowest BCUT2D eigenvalue weighted by Gasteiger charge is -2.37. The highest BCUT2D eigenvalue weighted by Crippen LogP contribution is 2.44. The summed E-state index contributed by atoms with van der Waals surface area (Å²) in [6.07, 6.45) is 11.3. The Kier molecular flexibility index (Phi) is 5.90. The van der Waals surface area contributed by atoms with E-state index in [0.717, 1.165) is 40.0 Å². The van der Waals surface area contributed by atoms with Gasteiger partial charge in [-0.05, 0) is 110 Å². The van der Waals surface area contributed by atoms with Gasteiger partial charge in [0.05, 0.1) is 0 Å². The molecule has 0 aromatic heterocycles. The van der Waals surface area contributed by atoms with Crippen molar-refractivity contribution in [3.8, 4) is 11.1 Å². The average molecular weight is 379 g/mol. The molecule has 0 unspecified atom stereocenters. The molecule has 0 nitrogen and oxygen atoms in total. The number of benzene rings is 2. The Hall–Kier alpha value is -1.63. The monoisotopic (exact) mass is 378 g/mol. The first-order valence-corrected chi connectivity index (χ1v) is 11.4. The van der Waals surface area contributed by atoms with Crippen molar-refractivity contribution in [3.05, 3.63) is 58.9 Å². The molecule has 4 rings (SSSR count). The zero-order valence-electron chi connectivity index (χ0n) is 17.8. The van der Waals surface area contributed by atoms with Crippen molar-refractivity contribution < 1.29 is 4.39 Å². The molecule has 150 valence electrons. The minimum atomic E-state index is -0.102. The van der Waals surface area contributed by atoms with E-state index in [9.17, 15) is 4.39 Å². The van der Waals surface area contributed by atoms with Gasteiger partial charge in [0.15, 0.2) is 0 Å². The second-order valence-corrected chi connectivity index (χ2v) is 9.65. The van der Waals surface area contributed by atoms with Crippen LogP contribution in [0.3, 0.4) is 0 Å². The van der Waals surface area contributed by atoms with Crippen molar-refractivity contribution in [2.75, 3.05) is 0 Å². The molecule has 2 aliphatic rings. The van der Waals surface area contributed by atoms with Crippen LogP contribution in [0.15, 0.2) is 36.4 Å². The fraction of sp³-hybridized carbons (Fsp3) is 0.556. The highest BCUT2D eigenvalue weighted by Gasteiger charge is 2.30. The molecule has 0 heterocycles. The van der Waals surface area contributed by atoms with Gasteiger partial charge in [-0.15, -0.1) is 0 Å². The Morgan fingerprint density at radius 3 is 1.86 bits per heavy atom. The zero-order chi connectivity index (χ0) is 19.7. The number of hydrogen-bond donors (Lipinski definition) is 0. The first kappa shape index (κ1) is 19.7. The molecular weight excluding hydrogens is 343 g/mol. The summed E-state index contributed by atoms with van der Waals surface area (Å²) in [5.74, 6) is 3.54. The van der Waals surface area contributed by atoms with Crippen molar-refractivity contribution in [2.24, 2.45) is 17.8 Å².